The predicted octanol–water partition coefficient (Wildman–Crippen LogP) is 2.91. The molecule has 0 saturated heterocycles. The minimum Gasteiger partial charge on any atom is -0.383 e. The van der Waals surface area contributed by atoms with Gasteiger partial charge in [0.1, 0.15) is 11.6 Å². The molecule has 0 aliphatic heterocycles. The van der Waals surface area contributed by atoms with E-state index in [1.807, 2.05) is 13.8 Å². The zero-order chi connectivity index (χ0) is 12.4. The minimum absolute atomic E-state index is 0.555. The molecule has 3 heteroatoms. The molecule has 0 spiro atoms. The van der Waals surface area contributed by atoms with Gasteiger partial charge in [-0.3, -0.25) is 0 Å². The normalized spacial score (nSPS) is 10.5. The van der Waals surface area contributed by atoms with Gasteiger partial charge in [0.05, 0.1) is 5.69 Å². The van der Waals surface area contributed by atoms with Crippen molar-refractivity contribution >= 4 is 5.82 Å². The van der Waals surface area contributed by atoms with Crippen molar-refractivity contribution in [3.63, 3.8) is 0 Å². The molecule has 1 aromatic heterocycles. The van der Waals surface area contributed by atoms with Crippen molar-refractivity contribution < 1.29 is 0 Å². The van der Waals surface area contributed by atoms with Crippen LogP contribution in [0, 0.1) is 13.8 Å². The predicted molar refractivity (Wildman–Crippen MR) is 70.7 cm³/mol. The zero-order valence-corrected chi connectivity index (χ0v) is 10.5. The summed E-state index contributed by atoms with van der Waals surface area (Å²) < 4.78 is 0. The zero-order valence-electron chi connectivity index (χ0n) is 10.5. The van der Waals surface area contributed by atoms with Gasteiger partial charge >= 0.3 is 0 Å². The highest BCUT2D eigenvalue weighted by Gasteiger charge is 2.09. The van der Waals surface area contributed by atoms with E-state index in [1.54, 1.807) is 0 Å². The summed E-state index contributed by atoms with van der Waals surface area (Å²) in [6.45, 7) is 5.96. The lowest BCUT2D eigenvalue weighted by Crippen LogP contribution is -2.02. The first-order valence-corrected chi connectivity index (χ1v) is 5.82. The number of aromatic nitrogens is 2. The molecule has 17 heavy (non-hydrogen) atoms. The van der Waals surface area contributed by atoms with Gasteiger partial charge < -0.3 is 5.73 Å². The van der Waals surface area contributed by atoms with Crippen LogP contribution in [0.5, 0.6) is 0 Å². The van der Waals surface area contributed by atoms with Gasteiger partial charge in [-0.1, -0.05) is 31.2 Å². The lowest BCUT2D eigenvalue weighted by atomic mass is 10.0. The number of nitrogens with two attached hydrogens (primary N) is 1. The number of benzene rings is 1. The second-order valence-electron chi connectivity index (χ2n) is 4.17. The topological polar surface area (TPSA) is 51.8 Å². The van der Waals surface area contributed by atoms with Gasteiger partial charge in [-0.2, -0.15) is 0 Å². The van der Waals surface area contributed by atoms with E-state index in [0.29, 0.717) is 11.6 Å². The van der Waals surface area contributed by atoms with Gasteiger partial charge in [-0.25, -0.2) is 9.97 Å². The Bertz CT molecular complexity index is 507. The van der Waals surface area contributed by atoms with E-state index in [-0.39, 0.29) is 0 Å². The molecule has 2 N–H and O–H groups in total. The van der Waals surface area contributed by atoms with E-state index in [1.165, 1.54) is 5.56 Å². The van der Waals surface area contributed by atoms with Crippen LogP contribution >= 0.6 is 0 Å². The highest BCUT2D eigenvalue weighted by Crippen LogP contribution is 2.27. The van der Waals surface area contributed by atoms with Crippen molar-refractivity contribution in [2.75, 3.05) is 5.73 Å². The van der Waals surface area contributed by atoms with Crippen LogP contribution in [0.1, 0.15) is 24.0 Å². The second-order valence-corrected chi connectivity index (χ2v) is 4.17. The Morgan fingerprint density at radius 2 is 1.71 bits per heavy atom. The molecule has 0 fully saturated rings. The molecule has 0 aliphatic carbocycles. The number of aryl methyl sites for hydroxylation is 3. The Morgan fingerprint density at radius 1 is 1.06 bits per heavy atom. The highest BCUT2D eigenvalue weighted by molar-refractivity contribution is 5.75. The first-order chi connectivity index (χ1) is 8.11. The van der Waals surface area contributed by atoms with Crippen molar-refractivity contribution in [2.24, 2.45) is 0 Å². The Morgan fingerprint density at radius 3 is 2.24 bits per heavy atom. The molecule has 3 nitrogen and oxygen atoms in total. The van der Waals surface area contributed by atoms with E-state index < -0.39 is 0 Å². The maximum atomic E-state index is 5.97. The lowest BCUT2D eigenvalue weighted by Gasteiger charge is -2.09. The number of nitrogens with zero attached hydrogens (tertiary/aromatic N) is 2. The van der Waals surface area contributed by atoms with Crippen molar-refractivity contribution in [1.82, 2.24) is 9.97 Å². The van der Waals surface area contributed by atoms with Gasteiger partial charge in [-0.05, 0) is 31.4 Å². The summed E-state index contributed by atoms with van der Waals surface area (Å²) in [5.74, 6) is 1.27. The fourth-order valence-electron chi connectivity index (χ4n) is 2.00. The SMILES string of the molecule is CCc1ccc(-c2c(C)nc(C)nc2N)cc1. The van der Waals surface area contributed by atoms with Gasteiger partial charge in [0.2, 0.25) is 0 Å². The highest BCUT2D eigenvalue weighted by atomic mass is 14.9. The molecule has 1 heterocycles. The monoisotopic (exact) mass is 227 g/mol. The molecule has 2 aromatic rings. The van der Waals surface area contributed by atoms with Crippen LogP contribution in [-0.2, 0) is 6.42 Å². The molecular formula is C14H17N3. The fourth-order valence-corrected chi connectivity index (χ4v) is 2.00. The molecule has 0 saturated carbocycles. The van der Waals surface area contributed by atoms with E-state index in [0.717, 1.165) is 23.2 Å². The Labute approximate surface area is 102 Å². The summed E-state index contributed by atoms with van der Waals surface area (Å²) in [6, 6.07) is 8.40. The molecule has 0 radical (unpaired) electrons. The Hall–Kier alpha value is -1.90. The molecule has 0 unspecified atom stereocenters. The van der Waals surface area contributed by atoms with Crippen LogP contribution < -0.4 is 5.73 Å². The third-order valence-electron chi connectivity index (χ3n) is 2.88. The second kappa shape index (κ2) is 4.53. The van der Waals surface area contributed by atoms with Crippen molar-refractivity contribution in [3.8, 4) is 11.1 Å². The van der Waals surface area contributed by atoms with Crippen LogP contribution in [-0.4, -0.2) is 9.97 Å². The molecule has 1 aromatic carbocycles. The van der Waals surface area contributed by atoms with E-state index in [4.69, 9.17) is 5.73 Å². The van der Waals surface area contributed by atoms with Crippen LogP contribution in [0.2, 0.25) is 0 Å². The van der Waals surface area contributed by atoms with E-state index in [9.17, 15) is 0 Å². The largest absolute Gasteiger partial charge is 0.383 e. The smallest absolute Gasteiger partial charge is 0.135 e. The van der Waals surface area contributed by atoms with E-state index in [2.05, 4.69) is 41.2 Å². The van der Waals surface area contributed by atoms with Crippen LogP contribution in [0.4, 0.5) is 5.82 Å². The maximum absolute atomic E-state index is 5.97. The third kappa shape index (κ3) is 2.28. The number of anilines is 1. The summed E-state index contributed by atoms with van der Waals surface area (Å²) in [5.41, 5.74) is 10.2. The quantitative estimate of drug-likeness (QED) is 0.858. The molecule has 0 amide bonds. The number of hydrogen-bond donors (Lipinski definition) is 1. The van der Waals surface area contributed by atoms with Gasteiger partial charge in [0, 0.05) is 5.56 Å². The van der Waals surface area contributed by atoms with Gasteiger partial charge in [0.15, 0.2) is 0 Å². The number of rotatable bonds is 2. The maximum Gasteiger partial charge on any atom is 0.135 e. The summed E-state index contributed by atoms with van der Waals surface area (Å²) in [7, 11) is 0. The van der Waals surface area contributed by atoms with Gasteiger partial charge in [0.25, 0.3) is 0 Å². The Kier molecular flexibility index (Phi) is 3.09. The standard InChI is InChI=1S/C14H17N3/c1-4-11-5-7-12(8-6-11)13-9(2)16-10(3)17-14(13)15/h5-8H,4H2,1-3H3,(H2,15,16,17). The van der Waals surface area contributed by atoms with Crippen molar-refractivity contribution in [3.05, 3.63) is 41.3 Å². The molecule has 0 aliphatic rings. The molecule has 0 atom stereocenters. The Balaban J connectivity index is 2.52. The molecule has 0 bridgehead atoms. The average molecular weight is 227 g/mol. The van der Waals surface area contributed by atoms with Crippen LogP contribution in [0.3, 0.4) is 0 Å². The molecule has 88 valence electrons. The number of nitrogen functional groups attached to an aromatic ring is 1. The first kappa shape index (κ1) is 11.6. The van der Waals surface area contributed by atoms with Crippen LogP contribution in [0.25, 0.3) is 11.1 Å². The minimum atomic E-state index is 0.555. The third-order valence-corrected chi connectivity index (χ3v) is 2.88. The number of hydrogen-bond acceptors (Lipinski definition) is 3. The molecular weight excluding hydrogens is 210 g/mol. The van der Waals surface area contributed by atoms with Crippen molar-refractivity contribution in [1.29, 1.82) is 0 Å². The summed E-state index contributed by atoms with van der Waals surface area (Å²) in [4.78, 5) is 8.58. The lowest BCUT2D eigenvalue weighted by molar-refractivity contribution is 1.02. The van der Waals surface area contributed by atoms with Crippen LogP contribution in [0.15, 0.2) is 24.3 Å². The van der Waals surface area contributed by atoms with Crippen molar-refractivity contribution in [2.45, 2.75) is 27.2 Å². The average Bonchev–Trinajstić information content (AvgIpc) is 2.28. The molecule has 2 rings (SSSR count). The first-order valence-electron chi connectivity index (χ1n) is 5.82. The van der Waals surface area contributed by atoms with Gasteiger partial charge in [-0.15, -0.1) is 0 Å². The summed E-state index contributed by atoms with van der Waals surface area (Å²) in [5, 5.41) is 0. The fraction of sp³-hybridized carbons (Fsp3) is 0.286. The summed E-state index contributed by atoms with van der Waals surface area (Å²) in [6.07, 6.45) is 1.04. The van der Waals surface area contributed by atoms with E-state index >= 15 is 0 Å². The summed E-state index contributed by atoms with van der Waals surface area (Å²) >= 11 is 0.